The van der Waals surface area contributed by atoms with Gasteiger partial charge in [-0.05, 0) is 88.2 Å². The number of amides is 3. The second kappa shape index (κ2) is 13.5. The van der Waals surface area contributed by atoms with E-state index in [1.807, 2.05) is 13.0 Å². The molecule has 3 amide bonds. The van der Waals surface area contributed by atoms with Gasteiger partial charge in [0.15, 0.2) is 11.5 Å². The number of para-hydroxylation sites is 2. The van der Waals surface area contributed by atoms with E-state index in [0.717, 1.165) is 22.2 Å². The average Bonchev–Trinajstić information content (AvgIpc) is 3.17. The number of carbonyl (C=O) groups excluding carboxylic acids is 3. The number of hydrogen-bond acceptors (Lipinski definition) is 7. The normalized spacial score (nSPS) is 14.0. The number of nitrogens with one attached hydrogen (secondary N) is 1. The second-order valence-electron chi connectivity index (χ2n) is 8.32. The summed E-state index contributed by atoms with van der Waals surface area (Å²) in [7, 11) is 1.48. The fourth-order valence-electron chi connectivity index (χ4n) is 3.73. The number of halogens is 3. The number of anilines is 1. The van der Waals surface area contributed by atoms with Gasteiger partial charge in [-0.1, -0.05) is 41.4 Å². The number of thioether (sulfide) groups is 1. The Morgan fingerprint density at radius 2 is 1.82 bits per heavy atom. The van der Waals surface area contributed by atoms with Crippen LogP contribution in [-0.2, 0) is 16.2 Å². The van der Waals surface area contributed by atoms with Gasteiger partial charge in [-0.25, -0.2) is 0 Å². The molecule has 0 radical (unpaired) electrons. The summed E-state index contributed by atoms with van der Waals surface area (Å²) in [5.74, 6) is 0.270. The lowest BCUT2D eigenvalue weighted by atomic mass is 10.1. The van der Waals surface area contributed by atoms with Gasteiger partial charge in [0.2, 0.25) is 5.91 Å². The fraction of sp³-hybridized carbons (Fsp3) is 0.179. The maximum absolute atomic E-state index is 13.0. The SMILES string of the molecule is CCOc1cc(/C=C2/SC(=O)N(CC(=O)Nc3ccccc3OC)C2=O)cc(Br)c1OCc1ccc(Cl)c(Cl)c1. The summed E-state index contributed by atoms with van der Waals surface area (Å²) in [5.41, 5.74) is 1.85. The summed E-state index contributed by atoms with van der Waals surface area (Å²) in [6, 6.07) is 15.5. The molecular formula is C28H23BrCl2N2O6S. The van der Waals surface area contributed by atoms with Gasteiger partial charge in [0.05, 0.1) is 38.8 Å². The zero-order valence-electron chi connectivity index (χ0n) is 21.3. The zero-order valence-corrected chi connectivity index (χ0v) is 25.2. The molecule has 0 bridgehead atoms. The minimum atomic E-state index is -0.570. The standard InChI is InChI=1S/C28H23BrCl2N2O6S/c1-3-38-23-12-17(10-18(29)26(23)39-15-16-8-9-19(30)20(31)11-16)13-24-27(35)33(28(36)40-24)14-25(34)32-21-6-4-5-7-22(21)37-2/h4-13H,3,14-15H2,1-2H3,(H,32,34)/b24-13+. The van der Waals surface area contributed by atoms with Gasteiger partial charge >= 0.3 is 0 Å². The predicted octanol–water partition coefficient (Wildman–Crippen LogP) is 7.42. The molecule has 40 heavy (non-hydrogen) atoms. The highest BCUT2D eigenvalue weighted by atomic mass is 79.9. The molecule has 1 aliphatic heterocycles. The molecule has 0 unspecified atom stereocenters. The smallest absolute Gasteiger partial charge is 0.294 e. The van der Waals surface area contributed by atoms with Crippen LogP contribution in [0.2, 0.25) is 10.0 Å². The van der Waals surface area contributed by atoms with Gasteiger partial charge in [0, 0.05) is 0 Å². The molecule has 12 heteroatoms. The molecule has 1 heterocycles. The molecule has 1 fully saturated rings. The van der Waals surface area contributed by atoms with Crippen molar-refractivity contribution in [2.45, 2.75) is 13.5 Å². The summed E-state index contributed by atoms with van der Waals surface area (Å²) in [5, 5.41) is 3.00. The highest BCUT2D eigenvalue weighted by molar-refractivity contribution is 9.10. The molecule has 0 spiro atoms. The molecular weight excluding hydrogens is 643 g/mol. The summed E-state index contributed by atoms with van der Waals surface area (Å²) in [4.78, 5) is 39.3. The third kappa shape index (κ3) is 7.11. The first-order valence-corrected chi connectivity index (χ1v) is 14.3. The van der Waals surface area contributed by atoms with Crippen LogP contribution >= 0.6 is 50.9 Å². The van der Waals surface area contributed by atoms with Gasteiger partial charge in [-0.3, -0.25) is 19.3 Å². The van der Waals surface area contributed by atoms with Gasteiger partial charge < -0.3 is 19.5 Å². The van der Waals surface area contributed by atoms with Crippen LogP contribution in [0.4, 0.5) is 10.5 Å². The topological polar surface area (TPSA) is 94.2 Å². The number of rotatable bonds is 10. The van der Waals surface area contributed by atoms with Gasteiger partial charge in [0.1, 0.15) is 18.9 Å². The van der Waals surface area contributed by atoms with Crippen LogP contribution in [0.25, 0.3) is 6.08 Å². The zero-order chi connectivity index (χ0) is 28.8. The van der Waals surface area contributed by atoms with Crippen LogP contribution in [0, 0.1) is 0 Å². The number of ether oxygens (including phenoxy) is 3. The Bertz CT molecular complexity index is 1500. The Kier molecular flexibility index (Phi) is 10.0. The highest BCUT2D eigenvalue weighted by Gasteiger charge is 2.36. The van der Waals surface area contributed by atoms with Crippen molar-refractivity contribution in [3.63, 3.8) is 0 Å². The van der Waals surface area contributed by atoms with Crippen molar-refractivity contribution in [2.24, 2.45) is 0 Å². The van der Waals surface area contributed by atoms with Crippen molar-refractivity contribution < 1.29 is 28.6 Å². The number of benzene rings is 3. The molecule has 3 aromatic rings. The van der Waals surface area contributed by atoms with E-state index in [1.165, 1.54) is 7.11 Å². The van der Waals surface area contributed by atoms with Crippen molar-refractivity contribution >= 4 is 79.7 Å². The third-order valence-corrected chi connectivity index (χ3v) is 7.79. The predicted molar refractivity (Wildman–Crippen MR) is 160 cm³/mol. The Morgan fingerprint density at radius 1 is 1.05 bits per heavy atom. The Balaban J connectivity index is 1.49. The molecule has 4 rings (SSSR count). The van der Waals surface area contributed by atoms with E-state index in [0.29, 0.717) is 49.6 Å². The maximum Gasteiger partial charge on any atom is 0.294 e. The van der Waals surface area contributed by atoms with E-state index in [-0.39, 0.29) is 11.5 Å². The van der Waals surface area contributed by atoms with Crippen LogP contribution in [-0.4, -0.2) is 42.2 Å². The minimum Gasteiger partial charge on any atom is -0.495 e. The molecule has 0 atom stereocenters. The number of carbonyl (C=O) groups is 3. The van der Waals surface area contributed by atoms with Crippen molar-refractivity contribution in [1.82, 2.24) is 4.90 Å². The van der Waals surface area contributed by atoms with Crippen LogP contribution in [0.3, 0.4) is 0 Å². The molecule has 0 saturated carbocycles. The first-order valence-electron chi connectivity index (χ1n) is 11.9. The molecule has 3 aromatic carbocycles. The van der Waals surface area contributed by atoms with Crippen molar-refractivity contribution in [3.8, 4) is 17.2 Å². The second-order valence-corrected chi connectivity index (χ2v) is 11.0. The lowest BCUT2D eigenvalue weighted by Crippen LogP contribution is -2.36. The maximum atomic E-state index is 13.0. The molecule has 208 valence electrons. The summed E-state index contributed by atoms with van der Waals surface area (Å²) < 4.78 is 17.6. The molecule has 1 saturated heterocycles. The lowest BCUT2D eigenvalue weighted by Gasteiger charge is -2.15. The Hall–Kier alpha value is -3.18. The van der Waals surface area contributed by atoms with Crippen LogP contribution in [0.5, 0.6) is 17.2 Å². The first-order chi connectivity index (χ1) is 19.2. The molecule has 1 aliphatic rings. The number of nitrogens with zero attached hydrogens (tertiary/aromatic N) is 1. The minimum absolute atomic E-state index is 0.175. The van der Waals surface area contributed by atoms with Crippen LogP contribution in [0.1, 0.15) is 18.1 Å². The fourth-order valence-corrected chi connectivity index (χ4v) is 5.46. The van der Waals surface area contributed by atoms with Crippen molar-refractivity contribution in [1.29, 1.82) is 0 Å². The number of methoxy groups -OCH3 is 1. The van der Waals surface area contributed by atoms with Crippen LogP contribution in [0.15, 0.2) is 64.0 Å². The van der Waals surface area contributed by atoms with Gasteiger partial charge in [-0.15, -0.1) is 0 Å². The molecule has 1 N–H and O–H groups in total. The largest absolute Gasteiger partial charge is 0.495 e. The van der Waals surface area contributed by atoms with E-state index in [9.17, 15) is 14.4 Å². The number of imide groups is 1. The van der Waals surface area contributed by atoms with Gasteiger partial charge in [0.25, 0.3) is 11.1 Å². The Morgan fingerprint density at radius 3 is 2.55 bits per heavy atom. The Labute approximate surface area is 253 Å². The van der Waals surface area contributed by atoms with E-state index in [1.54, 1.807) is 54.6 Å². The monoisotopic (exact) mass is 664 g/mol. The van der Waals surface area contributed by atoms with E-state index < -0.39 is 23.6 Å². The summed E-state index contributed by atoms with van der Waals surface area (Å²) in [6.45, 7) is 1.99. The average molecular weight is 666 g/mol. The van der Waals surface area contributed by atoms with Crippen molar-refractivity contribution in [3.05, 3.63) is 85.1 Å². The first kappa shape index (κ1) is 29.8. The summed E-state index contributed by atoms with van der Waals surface area (Å²) >= 11 is 16.4. The van der Waals surface area contributed by atoms with E-state index in [4.69, 9.17) is 37.4 Å². The van der Waals surface area contributed by atoms with E-state index in [2.05, 4.69) is 21.2 Å². The molecule has 0 aliphatic carbocycles. The lowest BCUT2D eigenvalue weighted by molar-refractivity contribution is -0.127. The third-order valence-electron chi connectivity index (χ3n) is 5.55. The van der Waals surface area contributed by atoms with Crippen LogP contribution < -0.4 is 19.5 Å². The van der Waals surface area contributed by atoms with Gasteiger partial charge in [-0.2, -0.15) is 0 Å². The number of hydrogen-bond donors (Lipinski definition) is 1. The van der Waals surface area contributed by atoms with Crippen molar-refractivity contribution in [2.75, 3.05) is 25.6 Å². The highest BCUT2D eigenvalue weighted by Crippen LogP contribution is 2.40. The quantitative estimate of drug-likeness (QED) is 0.225. The molecule has 0 aromatic heterocycles. The molecule has 8 nitrogen and oxygen atoms in total. The summed E-state index contributed by atoms with van der Waals surface area (Å²) in [6.07, 6.45) is 1.57. The van der Waals surface area contributed by atoms with E-state index >= 15 is 0 Å².